The number of nitrogens with one attached hydrogen (secondary N) is 1. The van der Waals surface area contributed by atoms with E-state index in [0.717, 1.165) is 19.3 Å². The van der Waals surface area contributed by atoms with Crippen LogP contribution in [0.1, 0.15) is 46.0 Å². The molecule has 3 nitrogen and oxygen atoms in total. The topological polar surface area (TPSA) is 55.1 Å². The average Bonchev–Trinajstić information content (AvgIpc) is 2.76. The highest BCUT2D eigenvalue weighted by Gasteiger charge is 2.53. The van der Waals surface area contributed by atoms with Crippen molar-refractivity contribution < 1.29 is 18.0 Å². The Morgan fingerprint density at radius 3 is 2.24 bits per heavy atom. The van der Waals surface area contributed by atoms with Gasteiger partial charge in [0.05, 0.1) is 5.41 Å². The molecule has 0 heterocycles. The zero-order valence-electron chi connectivity index (χ0n) is 12.7. The third kappa shape index (κ3) is 2.91. The fourth-order valence-corrected chi connectivity index (χ4v) is 3.90. The second-order valence-electron chi connectivity index (χ2n) is 6.69. The summed E-state index contributed by atoms with van der Waals surface area (Å²) in [7, 11) is 0. The minimum absolute atomic E-state index is 0.0198. The summed E-state index contributed by atoms with van der Waals surface area (Å²) in [5, 5.41) is 2.56. The lowest BCUT2D eigenvalue weighted by Gasteiger charge is -2.37. The lowest BCUT2D eigenvalue weighted by Crippen LogP contribution is -2.47. The summed E-state index contributed by atoms with van der Waals surface area (Å²) in [5.74, 6) is 0.506. The lowest BCUT2D eigenvalue weighted by molar-refractivity contribution is -0.225. The predicted octanol–water partition coefficient (Wildman–Crippen LogP) is 2.84. The highest BCUT2D eigenvalue weighted by Crippen LogP contribution is 2.49. The van der Waals surface area contributed by atoms with Crippen LogP contribution in [0.25, 0.3) is 0 Å². The molecule has 122 valence electrons. The zero-order chi connectivity index (χ0) is 15.8. The number of hydrogen-bond donors (Lipinski definition) is 2. The van der Waals surface area contributed by atoms with Gasteiger partial charge in [-0.05, 0) is 43.9 Å². The zero-order valence-corrected chi connectivity index (χ0v) is 12.7. The summed E-state index contributed by atoms with van der Waals surface area (Å²) in [6.45, 7) is 2.73. The number of hydrogen-bond acceptors (Lipinski definition) is 2. The smallest absolute Gasteiger partial charge is 0.355 e. The summed E-state index contributed by atoms with van der Waals surface area (Å²) in [4.78, 5) is 12.2. The second kappa shape index (κ2) is 5.78. The molecule has 0 saturated heterocycles. The molecule has 0 spiro atoms. The monoisotopic (exact) mass is 306 g/mol. The van der Waals surface area contributed by atoms with Crippen molar-refractivity contribution in [3.8, 4) is 0 Å². The maximum absolute atomic E-state index is 13.2. The molecule has 0 aromatic rings. The van der Waals surface area contributed by atoms with E-state index < -0.39 is 11.6 Å². The van der Waals surface area contributed by atoms with Gasteiger partial charge in [-0.15, -0.1) is 0 Å². The van der Waals surface area contributed by atoms with Crippen molar-refractivity contribution in [3.05, 3.63) is 0 Å². The number of carbonyl (C=O) groups excluding carboxylic acids is 1. The van der Waals surface area contributed by atoms with Crippen LogP contribution in [0.5, 0.6) is 0 Å². The van der Waals surface area contributed by atoms with Gasteiger partial charge in [-0.3, -0.25) is 4.79 Å². The van der Waals surface area contributed by atoms with Crippen molar-refractivity contribution in [2.45, 2.75) is 58.2 Å². The van der Waals surface area contributed by atoms with E-state index in [4.69, 9.17) is 5.73 Å². The standard InChI is InChI=1S/C15H25F3N2O/c1-3-14(4-2,15(16,17)18)8-20-13(21)10-5-9-7-12(19)11(9)6-10/h9-12H,3-8,19H2,1-2H3,(H,20,21). The van der Waals surface area contributed by atoms with Crippen LogP contribution in [0.3, 0.4) is 0 Å². The molecule has 1 amide bonds. The first-order valence-electron chi connectivity index (χ1n) is 7.84. The fourth-order valence-electron chi connectivity index (χ4n) is 3.90. The Kier molecular flexibility index (Phi) is 4.57. The first-order valence-corrected chi connectivity index (χ1v) is 7.84. The largest absolute Gasteiger partial charge is 0.396 e. The van der Waals surface area contributed by atoms with Crippen molar-refractivity contribution in [3.63, 3.8) is 0 Å². The Morgan fingerprint density at radius 1 is 1.19 bits per heavy atom. The van der Waals surface area contributed by atoms with Crippen LogP contribution in [0, 0.1) is 23.2 Å². The van der Waals surface area contributed by atoms with Gasteiger partial charge in [0.15, 0.2) is 0 Å². The number of carbonyl (C=O) groups is 1. The van der Waals surface area contributed by atoms with E-state index in [9.17, 15) is 18.0 Å². The van der Waals surface area contributed by atoms with Gasteiger partial charge in [-0.2, -0.15) is 13.2 Å². The van der Waals surface area contributed by atoms with Crippen LogP contribution in [0.2, 0.25) is 0 Å². The van der Waals surface area contributed by atoms with Crippen LogP contribution in [0.15, 0.2) is 0 Å². The van der Waals surface area contributed by atoms with Gasteiger partial charge in [0.2, 0.25) is 5.91 Å². The molecular weight excluding hydrogens is 281 g/mol. The minimum atomic E-state index is -4.29. The molecule has 0 aliphatic heterocycles. The molecule has 0 aromatic carbocycles. The molecule has 6 heteroatoms. The van der Waals surface area contributed by atoms with E-state index >= 15 is 0 Å². The third-order valence-corrected chi connectivity index (χ3v) is 5.80. The van der Waals surface area contributed by atoms with E-state index in [2.05, 4.69) is 5.32 Å². The molecule has 2 saturated carbocycles. The summed E-state index contributed by atoms with van der Waals surface area (Å²) in [6.07, 6.45) is -1.87. The molecule has 2 aliphatic carbocycles. The van der Waals surface area contributed by atoms with Gasteiger partial charge >= 0.3 is 6.18 Å². The quantitative estimate of drug-likeness (QED) is 0.820. The lowest BCUT2D eigenvalue weighted by atomic mass is 9.72. The second-order valence-corrected chi connectivity index (χ2v) is 6.69. The first kappa shape index (κ1) is 16.6. The Morgan fingerprint density at radius 2 is 1.81 bits per heavy atom. The Balaban J connectivity index is 1.91. The normalized spacial score (nSPS) is 32.5. The highest BCUT2D eigenvalue weighted by atomic mass is 19.4. The van der Waals surface area contributed by atoms with Gasteiger partial charge in [0.25, 0.3) is 0 Å². The van der Waals surface area contributed by atoms with Gasteiger partial charge in [0, 0.05) is 18.5 Å². The van der Waals surface area contributed by atoms with Crippen LogP contribution in [0.4, 0.5) is 13.2 Å². The Bertz CT molecular complexity index is 393. The molecule has 2 fully saturated rings. The Hall–Kier alpha value is -0.780. The van der Waals surface area contributed by atoms with Crippen LogP contribution in [-0.2, 0) is 4.79 Å². The van der Waals surface area contributed by atoms with Crippen LogP contribution >= 0.6 is 0 Å². The van der Waals surface area contributed by atoms with Crippen molar-refractivity contribution in [1.29, 1.82) is 0 Å². The Labute approximate surface area is 123 Å². The molecule has 21 heavy (non-hydrogen) atoms. The van der Waals surface area contributed by atoms with Gasteiger partial charge < -0.3 is 11.1 Å². The number of alkyl halides is 3. The van der Waals surface area contributed by atoms with Crippen molar-refractivity contribution in [2.75, 3.05) is 6.54 Å². The van der Waals surface area contributed by atoms with Gasteiger partial charge in [0.1, 0.15) is 0 Å². The fraction of sp³-hybridized carbons (Fsp3) is 0.933. The minimum Gasteiger partial charge on any atom is -0.355 e. The highest BCUT2D eigenvalue weighted by molar-refractivity contribution is 5.79. The molecule has 4 atom stereocenters. The molecule has 3 N–H and O–H groups in total. The van der Waals surface area contributed by atoms with Crippen molar-refractivity contribution >= 4 is 5.91 Å². The summed E-state index contributed by atoms with van der Waals surface area (Å²) in [6, 6.07) is 0.174. The van der Waals surface area contributed by atoms with E-state index in [0.29, 0.717) is 11.8 Å². The number of amides is 1. The molecule has 0 bridgehead atoms. The van der Waals surface area contributed by atoms with E-state index in [1.54, 1.807) is 0 Å². The molecule has 4 unspecified atom stereocenters. The first-order chi connectivity index (χ1) is 9.74. The molecule has 0 radical (unpaired) electrons. The number of fused-ring (bicyclic) bond motifs is 1. The van der Waals surface area contributed by atoms with Crippen LogP contribution in [-0.4, -0.2) is 24.7 Å². The SMILES string of the molecule is CCC(CC)(CNC(=O)C1CC2CC(N)C2C1)C(F)(F)F. The molecule has 2 rings (SSSR count). The van der Waals surface area contributed by atoms with Crippen LogP contribution < -0.4 is 11.1 Å². The van der Waals surface area contributed by atoms with E-state index in [1.807, 2.05) is 0 Å². The van der Waals surface area contributed by atoms with E-state index in [1.165, 1.54) is 13.8 Å². The molecular formula is C15H25F3N2O. The average molecular weight is 306 g/mol. The van der Waals surface area contributed by atoms with Crippen molar-refractivity contribution in [2.24, 2.45) is 28.9 Å². The van der Waals surface area contributed by atoms with Gasteiger partial charge in [-0.25, -0.2) is 0 Å². The third-order valence-electron chi connectivity index (χ3n) is 5.80. The number of nitrogens with two attached hydrogens (primary N) is 1. The number of halogens is 3. The predicted molar refractivity (Wildman–Crippen MR) is 74.4 cm³/mol. The van der Waals surface area contributed by atoms with Crippen molar-refractivity contribution in [1.82, 2.24) is 5.32 Å². The summed E-state index contributed by atoms with van der Waals surface area (Å²) in [5.41, 5.74) is 4.08. The maximum atomic E-state index is 13.2. The van der Waals surface area contributed by atoms with Gasteiger partial charge in [-0.1, -0.05) is 13.8 Å². The molecule has 2 aliphatic rings. The maximum Gasteiger partial charge on any atom is 0.396 e. The summed E-state index contributed by atoms with van der Waals surface area (Å²) < 4.78 is 39.7. The van der Waals surface area contributed by atoms with E-state index in [-0.39, 0.29) is 37.3 Å². The summed E-state index contributed by atoms with van der Waals surface area (Å²) >= 11 is 0. The number of rotatable bonds is 5. The molecule has 0 aromatic heterocycles.